The number of furan rings is 1. The molecule has 2 aromatic carbocycles. The third-order valence-electron chi connectivity index (χ3n) is 3.98. The molecule has 0 saturated carbocycles. The number of hydrogen-bond acceptors (Lipinski definition) is 4. The lowest BCUT2D eigenvalue weighted by Gasteiger charge is -2.06. The van der Waals surface area contributed by atoms with Gasteiger partial charge >= 0.3 is 0 Å². The number of halogens is 1. The van der Waals surface area contributed by atoms with E-state index in [0.29, 0.717) is 11.3 Å². The topological polar surface area (TPSA) is 67.7 Å². The molecule has 2 aromatic heterocycles. The normalized spacial score (nSPS) is 11.7. The molecule has 0 radical (unpaired) electrons. The molecular formula is C21H15FN2O3. The molecule has 0 unspecified atom stereocenters. The number of amides is 1. The van der Waals surface area contributed by atoms with Crippen molar-refractivity contribution < 1.29 is 18.0 Å². The quantitative estimate of drug-likeness (QED) is 0.588. The minimum Gasteiger partial charge on any atom is -0.467 e. The van der Waals surface area contributed by atoms with Crippen LogP contribution in [-0.4, -0.2) is 5.91 Å². The van der Waals surface area contributed by atoms with Crippen LogP contribution in [0.1, 0.15) is 16.1 Å². The Morgan fingerprint density at radius 1 is 1.04 bits per heavy atom. The molecule has 0 aliphatic rings. The summed E-state index contributed by atoms with van der Waals surface area (Å²) in [5.74, 6) is -0.271. The molecule has 5 nitrogen and oxygen atoms in total. The van der Waals surface area contributed by atoms with Crippen molar-refractivity contribution in [2.75, 3.05) is 0 Å². The molecule has 0 fully saturated rings. The average Bonchev–Trinajstić information content (AvgIpc) is 3.21. The Labute approximate surface area is 153 Å². The van der Waals surface area contributed by atoms with Gasteiger partial charge in [-0.25, -0.2) is 9.38 Å². The predicted octanol–water partition coefficient (Wildman–Crippen LogP) is 4.33. The minimum absolute atomic E-state index is 0.0377. The predicted molar refractivity (Wildman–Crippen MR) is 97.7 cm³/mol. The molecule has 0 aliphatic carbocycles. The van der Waals surface area contributed by atoms with Crippen LogP contribution in [-0.2, 0) is 6.54 Å². The van der Waals surface area contributed by atoms with E-state index in [2.05, 4.69) is 10.3 Å². The third kappa shape index (κ3) is 3.64. The summed E-state index contributed by atoms with van der Waals surface area (Å²) in [7, 11) is 0. The zero-order chi connectivity index (χ0) is 18.6. The number of hydrogen-bond donors (Lipinski definition) is 1. The van der Waals surface area contributed by atoms with Gasteiger partial charge in [-0.15, -0.1) is 0 Å². The second-order valence-electron chi connectivity index (χ2n) is 5.83. The van der Waals surface area contributed by atoms with Gasteiger partial charge in [0.25, 0.3) is 5.91 Å². The lowest BCUT2D eigenvalue weighted by atomic mass is 10.1. The molecule has 6 heteroatoms. The van der Waals surface area contributed by atoms with E-state index in [1.807, 2.05) is 18.2 Å². The lowest BCUT2D eigenvalue weighted by Crippen LogP contribution is -2.28. The summed E-state index contributed by atoms with van der Waals surface area (Å²) in [6.07, 6.45) is 1.53. The molecule has 1 N–H and O–H groups in total. The Hall–Kier alpha value is -3.67. The van der Waals surface area contributed by atoms with E-state index in [-0.39, 0.29) is 23.3 Å². The van der Waals surface area contributed by atoms with E-state index in [1.54, 1.807) is 36.4 Å². The monoisotopic (exact) mass is 362 g/mol. The van der Waals surface area contributed by atoms with Gasteiger partial charge in [-0.3, -0.25) is 4.79 Å². The van der Waals surface area contributed by atoms with Crippen molar-refractivity contribution >= 4 is 22.6 Å². The first-order valence-electron chi connectivity index (χ1n) is 8.33. The molecule has 1 amide bonds. The van der Waals surface area contributed by atoms with Crippen LogP contribution in [0.2, 0.25) is 0 Å². The maximum atomic E-state index is 14.0. The fourth-order valence-corrected chi connectivity index (χ4v) is 2.64. The molecule has 4 rings (SSSR count). The summed E-state index contributed by atoms with van der Waals surface area (Å²) in [5, 5.41) is 3.50. The molecule has 27 heavy (non-hydrogen) atoms. The second-order valence-corrected chi connectivity index (χ2v) is 5.83. The second kappa shape index (κ2) is 7.29. The van der Waals surface area contributed by atoms with Crippen LogP contribution >= 0.6 is 0 Å². The highest BCUT2D eigenvalue weighted by Gasteiger charge is 2.13. The first kappa shape index (κ1) is 16.8. The molecule has 0 spiro atoms. The number of nitrogens with one attached hydrogen (secondary N) is 1. The van der Waals surface area contributed by atoms with Crippen molar-refractivity contribution in [2.24, 2.45) is 4.99 Å². The Kier molecular flexibility index (Phi) is 4.53. The molecule has 134 valence electrons. The van der Waals surface area contributed by atoms with Crippen molar-refractivity contribution in [2.45, 2.75) is 6.54 Å². The zero-order valence-electron chi connectivity index (χ0n) is 14.2. The zero-order valence-corrected chi connectivity index (χ0v) is 14.2. The summed E-state index contributed by atoms with van der Waals surface area (Å²) in [4.78, 5) is 16.9. The Bertz CT molecular complexity index is 1160. The Balaban J connectivity index is 1.79. The number of rotatable bonds is 4. The van der Waals surface area contributed by atoms with Gasteiger partial charge in [-0.1, -0.05) is 30.3 Å². The van der Waals surface area contributed by atoms with Gasteiger partial charge in [-0.05, 0) is 36.4 Å². The highest BCUT2D eigenvalue weighted by atomic mass is 19.1. The van der Waals surface area contributed by atoms with E-state index in [1.165, 1.54) is 18.4 Å². The number of benzene rings is 2. The van der Waals surface area contributed by atoms with Crippen molar-refractivity contribution in [3.05, 3.63) is 95.7 Å². The lowest BCUT2D eigenvalue weighted by molar-refractivity contribution is 0.0944. The van der Waals surface area contributed by atoms with Gasteiger partial charge < -0.3 is 14.2 Å². The SMILES string of the molecule is O=C(NCc1ccco1)c1cc2ccccc2oc1=Nc1ccccc1F. The van der Waals surface area contributed by atoms with Crippen molar-refractivity contribution in [1.82, 2.24) is 5.32 Å². The number of nitrogens with zero attached hydrogens (tertiary/aromatic N) is 1. The van der Waals surface area contributed by atoms with Crippen molar-refractivity contribution in [3.8, 4) is 0 Å². The van der Waals surface area contributed by atoms with E-state index < -0.39 is 11.7 Å². The van der Waals surface area contributed by atoms with Crippen LogP contribution in [0.4, 0.5) is 10.1 Å². The number of fused-ring (bicyclic) bond motifs is 1. The molecule has 0 bridgehead atoms. The third-order valence-corrected chi connectivity index (χ3v) is 3.98. The van der Waals surface area contributed by atoms with Crippen molar-refractivity contribution in [3.63, 3.8) is 0 Å². The molecule has 2 heterocycles. The summed E-state index contributed by atoms with van der Waals surface area (Å²) < 4.78 is 25.0. The van der Waals surface area contributed by atoms with Crippen LogP contribution in [0.15, 0.2) is 86.8 Å². The van der Waals surface area contributed by atoms with Gasteiger partial charge in [0.2, 0.25) is 5.55 Å². The summed E-state index contributed by atoms with van der Waals surface area (Å²) in [6, 6.07) is 18.5. The Morgan fingerprint density at radius 2 is 1.85 bits per heavy atom. The number of carbonyl (C=O) groups is 1. The van der Waals surface area contributed by atoms with E-state index >= 15 is 0 Å². The highest BCUT2D eigenvalue weighted by Crippen LogP contribution is 2.17. The van der Waals surface area contributed by atoms with Crippen LogP contribution < -0.4 is 10.9 Å². The molecule has 0 saturated heterocycles. The van der Waals surface area contributed by atoms with Crippen LogP contribution in [0.3, 0.4) is 0 Å². The van der Waals surface area contributed by atoms with Gasteiger partial charge in [0, 0.05) is 5.39 Å². The van der Waals surface area contributed by atoms with Crippen LogP contribution in [0.5, 0.6) is 0 Å². The van der Waals surface area contributed by atoms with Crippen LogP contribution in [0.25, 0.3) is 11.0 Å². The first-order valence-corrected chi connectivity index (χ1v) is 8.33. The number of para-hydroxylation sites is 2. The summed E-state index contributed by atoms with van der Waals surface area (Å²) in [6.45, 7) is 0.220. The molecule has 0 aliphatic heterocycles. The van der Waals surface area contributed by atoms with E-state index in [4.69, 9.17) is 8.83 Å². The summed E-state index contributed by atoms with van der Waals surface area (Å²) in [5.41, 5.74) is 0.894. The molecule has 0 atom stereocenters. The molecule has 4 aromatic rings. The minimum atomic E-state index is -0.497. The smallest absolute Gasteiger partial charge is 0.257 e. The van der Waals surface area contributed by atoms with E-state index in [0.717, 1.165) is 5.39 Å². The van der Waals surface area contributed by atoms with E-state index in [9.17, 15) is 9.18 Å². The maximum absolute atomic E-state index is 14.0. The fourth-order valence-electron chi connectivity index (χ4n) is 2.64. The van der Waals surface area contributed by atoms with Gasteiger partial charge in [0.05, 0.1) is 12.8 Å². The van der Waals surface area contributed by atoms with Gasteiger partial charge in [-0.2, -0.15) is 0 Å². The first-order chi connectivity index (χ1) is 13.2. The average molecular weight is 362 g/mol. The Morgan fingerprint density at radius 3 is 2.67 bits per heavy atom. The summed E-state index contributed by atoms with van der Waals surface area (Å²) >= 11 is 0. The largest absolute Gasteiger partial charge is 0.467 e. The van der Waals surface area contributed by atoms with Crippen molar-refractivity contribution in [1.29, 1.82) is 0 Å². The highest BCUT2D eigenvalue weighted by molar-refractivity contribution is 5.96. The number of carbonyl (C=O) groups excluding carboxylic acids is 1. The fraction of sp³-hybridized carbons (Fsp3) is 0.0476. The standard InChI is InChI=1S/C21H15FN2O3/c22-17-8-2-3-9-18(17)24-21-16(12-14-6-1-4-10-19(14)27-21)20(25)23-13-15-7-5-11-26-15/h1-12H,13H2,(H,23,25). The molecular weight excluding hydrogens is 347 g/mol. The van der Waals surface area contributed by atoms with Gasteiger partial charge in [0.1, 0.15) is 28.4 Å². The van der Waals surface area contributed by atoms with Gasteiger partial charge in [0.15, 0.2) is 0 Å². The van der Waals surface area contributed by atoms with Crippen LogP contribution in [0, 0.1) is 5.82 Å². The maximum Gasteiger partial charge on any atom is 0.257 e.